The third-order valence-corrected chi connectivity index (χ3v) is 4.62. The summed E-state index contributed by atoms with van der Waals surface area (Å²) in [4.78, 5) is 4.60. The SMILES string of the molecule is Cc1cc(-c2c(C(C)CO)c(NCCO)nc3cc(O)ccc23)ccc1F. The van der Waals surface area contributed by atoms with E-state index in [9.17, 15) is 19.7 Å². The maximum absolute atomic E-state index is 13.8. The molecule has 3 aromatic rings. The van der Waals surface area contributed by atoms with Gasteiger partial charge in [-0.05, 0) is 47.9 Å². The molecule has 0 aliphatic carbocycles. The Balaban J connectivity index is 2.39. The standard InChI is InChI=1S/C21H23FN2O3/c1-12-9-14(3-6-17(12)22)20-16-5-4-15(27)10-18(16)24-21(23-7-8-25)19(20)13(2)11-26/h3-6,9-10,13,25-27H,7-8,11H2,1-2H3,(H,23,24). The van der Waals surface area contributed by atoms with Crippen molar-refractivity contribution in [1.82, 2.24) is 4.98 Å². The van der Waals surface area contributed by atoms with Gasteiger partial charge in [0.1, 0.15) is 17.4 Å². The highest BCUT2D eigenvalue weighted by atomic mass is 19.1. The van der Waals surface area contributed by atoms with E-state index in [-0.39, 0.29) is 30.7 Å². The highest BCUT2D eigenvalue weighted by Gasteiger charge is 2.21. The van der Waals surface area contributed by atoms with Crippen molar-refractivity contribution in [2.75, 3.05) is 25.1 Å². The number of phenols is 1. The molecule has 0 fully saturated rings. The molecular weight excluding hydrogens is 347 g/mol. The zero-order valence-electron chi connectivity index (χ0n) is 15.3. The van der Waals surface area contributed by atoms with Gasteiger partial charge in [-0.1, -0.05) is 13.0 Å². The monoisotopic (exact) mass is 370 g/mol. The van der Waals surface area contributed by atoms with Gasteiger partial charge >= 0.3 is 0 Å². The Kier molecular flexibility index (Phi) is 5.58. The van der Waals surface area contributed by atoms with Crippen molar-refractivity contribution in [3.05, 3.63) is 53.3 Å². The molecule has 0 aliphatic heterocycles. The van der Waals surface area contributed by atoms with Crippen LogP contribution in [-0.4, -0.2) is 40.1 Å². The van der Waals surface area contributed by atoms with Crippen LogP contribution in [0.15, 0.2) is 36.4 Å². The lowest BCUT2D eigenvalue weighted by Gasteiger charge is -2.22. The van der Waals surface area contributed by atoms with Crippen LogP contribution in [0.1, 0.15) is 24.0 Å². The van der Waals surface area contributed by atoms with Crippen molar-refractivity contribution in [1.29, 1.82) is 0 Å². The Morgan fingerprint density at radius 2 is 1.93 bits per heavy atom. The maximum Gasteiger partial charge on any atom is 0.130 e. The first-order chi connectivity index (χ1) is 13.0. The number of aromatic nitrogens is 1. The van der Waals surface area contributed by atoms with Crippen molar-refractivity contribution < 1.29 is 19.7 Å². The second-order valence-corrected chi connectivity index (χ2v) is 6.65. The summed E-state index contributed by atoms with van der Waals surface area (Å²) >= 11 is 0. The summed E-state index contributed by atoms with van der Waals surface area (Å²) in [5, 5.41) is 32.8. The summed E-state index contributed by atoms with van der Waals surface area (Å²) in [6, 6.07) is 9.80. The van der Waals surface area contributed by atoms with Crippen LogP contribution in [0.3, 0.4) is 0 Å². The number of halogens is 1. The topological polar surface area (TPSA) is 85.6 Å². The van der Waals surface area contributed by atoms with E-state index in [1.165, 1.54) is 6.07 Å². The van der Waals surface area contributed by atoms with Gasteiger partial charge in [-0.3, -0.25) is 0 Å². The second-order valence-electron chi connectivity index (χ2n) is 6.65. The molecule has 0 saturated heterocycles. The number of aliphatic hydroxyl groups is 2. The number of rotatable bonds is 6. The molecule has 3 rings (SSSR count). The Morgan fingerprint density at radius 3 is 2.59 bits per heavy atom. The van der Waals surface area contributed by atoms with E-state index >= 15 is 0 Å². The Morgan fingerprint density at radius 1 is 1.15 bits per heavy atom. The van der Waals surface area contributed by atoms with E-state index in [4.69, 9.17) is 0 Å². The second kappa shape index (κ2) is 7.90. The number of nitrogens with one attached hydrogen (secondary N) is 1. The number of aromatic hydroxyl groups is 1. The minimum absolute atomic E-state index is 0.0717. The smallest absolute Gasteiger partial charge is 0.130 e. The number of phenolic OH excluding ortho intramolecular Hbond substituents is 1. The van der Waals surface area contributed by atoms with Gasteiger partial charge in [-0.25, -0.2) is 9.37 Å². The molecule has 0 saturated carbocycles. The maximum atomic E-state index is 13.8. The number of hydrogen-bond donors (Lipinski definition) is 4. The lowest BCUT2D eigenvalue weighted by atomic mass is 9.88. The lowest BCUT2D eigenvalue weighted by Crippen LogP contribution is -2.13. The average molecular weight is 370 g/mol. The van der Waals surface area contributed by atoms with Crippen LogP contribution < -0.4 is 5.32 Å². The Labute approximate surface area is 157 Å². The number of anilines is 1. The van der Waals surface area contributed by atoms with E-state index in [1.807, 2.05) is 6.92 Å². The number of pyridine rings is 1. The molecule has 0 bridgehead atoms. The minimum Gasteiger partial charge on any atom is -0.508 e. The molecule has 1 heterocycles. The molecule has 1 unspecified atom stereocenters. The van der Waals surface area contributed by atoms with Gasteiger partial charge in [0.15, 0.2) is 0 Å². The van der Waals surface area contributed by atoms with Gasteiger partial charge in [-0.15, -0.1) is 0 Å². The third kappa shape index (κ3) is 3.72. The van der Waals surface area contributed by atoms with Crippen LogP contribution in [0, 0.1) is 12.7 Å². The number of nitrogens with zero attached hydrogens (tertiary/aromatic N) is 1. The van der Waals surface area contributed by atoms with E-state index in [0.29, 0.717) is 23.4 Å². The molecule has 1 atom stereocenters. The van der Waals surface area contributed by atoms with Gasteiger partial charge in [0.2, 0.25) is 0 Å². The van der Waals surface area contributed by atoms with Crippen LogP contribution in [0.2, 0.25) is 0 Å². The van der Waals surface area contributed by atoms with Gasteiger partial charge in [-0.2, -0.15) is 0 Å². The first-order valence-corrected chi connectivity index (χ1v) is 8.85. The van der Waals surface area contributed by atoms with E-state index < -0.39 is 0 Å². The summed E-state index contributed by atoms with van der Waals surface area (Å²) in [5.41, 5.74) is 3.50. The zero-order chi connectivity index (χ0) is 19.6. The summed E-state index contributed by atoms with van der Waals surface area (Å²) < 4.78 is 13.8. The van der Waals surface area contributed by atoms with E-state index in [2.05, 4.69) is 10.3 Å². The van der Waals surface area contributed by atoms with Crippen LogP contribution in [0.4, 0.5) is 10.2 Å². The van der Waals surface area contributed by atoms with Crippen molar-refractivity contribution in [2.24, 2.45) is 0 Å². The summed E-state index contributed by atoms with van der Waals surface area (Å²) in [5.74, 6) is 0.0929. The molecule has 0 amide bonds. The van der Waals surface area contributed by atoms with Crippen LogP contribution in [0.25, 0.3) is 22.0 Å². The fourth-order valence-corrected chi connectivity index (χ4v) is 3.26. The first-order valence-electron chi connectivity index (χ1n) is 8.85. The molecule has 0 aliphatic rings. The summed E-state index contributed by atoms with van der Waals surface area (Å²) in [6.07, 6.45) is 0. The van der Waals surface area contributed by atoms with Crippen LogP contribution in [-0.2, 0) is 0 Å². The van der Waals surface area contributed by atoms with Gasteiger partial charge in [0.05, 0.1) is 12.1 Å². The number of aliphatic hydroxyl groups excluding tert-OH is 2. The van der Waals surface area contributed by atoms with Crippen LogP contribution in [0.5, 0.6) is 5.75 Å². The Bertz CT molecular complexity index is 975. The molecule has 27 heavy (non-hydrogen) atoms. The first kappa shape index (κ1) is 19.1. The molecular formula is C21H23FN2O3. The summed E-state index contributed by atoms with van der Waals surface area (Å²) in [7, 11) is 0. The van der Waals surface area contributed by atoms with E-state index in [0.717, 1.165) is 22.1 Å². The fourth-order valence-electron chi connectivity index (χ4n) is 3.26. The predicted molar refractivity (Wildman–Crippen MR) is 105 cm³/mol. The van der Waals surface area contributed by atoms with Crippen molar-refractivity contribution >= 4 is 16.7 Å². The average Bonchev–Trinajstić information content (AvgIpc) is 2.66. The van der Waals surface area contributed by atoms with E-state index in [1.54, 1.807) is 37.3 Å². The van der Waals surface area contributed by atoms with Gasteiger partial charge in [0.25, 0.3) is 0 Å². The summed E-state index contributed by atoms with van der Waals surface area (Å²) in [6.45, 7) is 3.72. The molecule has 5 nitrogen and oxygen atoms in total. The number of benzene rings is 2. The van der Waals surface area contributed by atoms with Crippen molar-refractivity contribution in [3.8, 4) is 16.9 Å². The molecule has 6 heteroatoms. The molecule has 4 N–H and O–H groups in total. The fraction of sp³-hybridized carbons (Fsp3) is 0.286. The molecule has 0 spiro atoms. The Hall–Kier alpha value is -2.70. The van der Waals surface area contributed by atoms with Gasteiger partial charge < -0.3 is 20.6 Å². The number of aryl methyl sites for hydroxylation is 1. The molecule has 142 valence electrons. The molecule has 1 aromatic heterocycles. The van der Waals surface area contributed by atoms with Crippen molar-refractivity contribution in [3.63, 3.8) is 0 Å². The van der Waals surface area contributed by atoms with Gasteiger partial charge in [0, 0.05) is 36.1 Å². The highest BCUT2D eigenvalue weighted by molar-refractivity contribution is 5.99. The largest absolute Gasteiger partial charge is 0.508 e. The quantitative estimate of drug-likeness (QED) is 0.533. The number of fused-ring (bicyclic) bond motifs is 1. The minimum atomic E-state index is -0.287. The van der Waals surface area contributed by atoms with Crippen molar-refractivity contribution in [2.45, 2.75) is 19.8 Å². The normalized spacial score (nSPS) is 12.3. The third-order valence-electron chi connectivity index (χ3n) is 4.62. The number of hydrogen-bond acceptors (Lipinski definition) is 5. The predicted octanol–water partition coefficient (Wildman–Crippen LogP) is 3.55. The highest BCUT2D eigenvalue weighted by Crippen LogP contribution is 2.40. The zero-order valence-corrected chi connectivity index (χ0v) is 15.3. The van der Waals surface area contributed by atoms with Crippen LogP contribution >= 0.6 is 0 Å². The molecule has 2 aromatic carbocycles. The molecule has 0 radical (unpaired) electrons. The lowest BCUT2D eigenvalue weighted by molar-refractivity contribution is 0.273.